The molecule has 0 aliphatic carbocycles. The van der Waals surface area contributed by atoms with E-state index in [0.717, 1.165) is 18.4 Å². The van der Waals surface area contributed by atoms with Crippen LogP contribution < -0.4 is 5.32 Å². The highest BCUT2D eigenvalue weighted by atomic mass is 16.5. The first-order valence-electron chi connectivity index (χ1n) is 6.23. The predicted octanol–water partition coefficient (Wildman–Crippen LogP) is 1.87. The zero-order valence-electron chi connectivity index (χ0n) is 10.7. The number of benzene rings is 1. The molecule has 2 rings (SSSR count). The molecule has 4 nitrogen and oxygen atoms in total. The third-order valence-electron chi connectivity index (χ3n) is 3.46. The van der Waals surface area contributed by atoms with E-state index >= 15 is 0 Å². The summed E-state index contributed by atoms with van der Waals surface area (Å²) in [4.78, 5) is 11.7. The molecule has 1 aromatic carbocycles. The molecule has 1 N–H and O–H groups in total. The number of carbonyl (C=O) groups excluding carboxylic acids is 1. The fourth-order valence-corrected chi connectivity index (χ4v) is 2.36. The van der Waals surface area contributed by atoms with Gasteiger partial charge in [0, 0.05) is 13.2 Å². The van der Waals surface area contributed by atoms with E-state index < -0.39 is 5.54 Å². The lowest BCUT2D eigenvalue weighted by atomic mass is 9.82. The van der Waals surface area contributed by atoms with Crippen molar-refractivity contribution in [3.63, 3.8) is 0 Å². The number of nitriles is 1. The Morgan fingerprint density at radius 1 is 1.37 bits per heavy atom. The Bertz CT molecular complexity index is 508. The molecule has 98 valence electrons. The molecule has 4 heteroatoms. The number of rotatable bonds is 3. The van der Waals surface area contributed by atoms with Crippen molar-refractivity contribution in [3.05, 3.63) is 48.0 Å². The third kappa shape index (κ3) is 2.83. The van der Waals surface area contributed by atoms with Gasteiger partial charge in [-0.15, -0.1) is 0 Å². The number of amides is 1. The first kappa shape index (κ1) is 13.3. The molecule has 1 aliphatic heterocycles. The van der Waals surface area contributed by atoms with Crippen LogP contribution in [-0.2, 0) is 15.1 Å². The van der Waals surface area contributed by atoms with Crippen LogP contribution in [-0.4, -0.2) is 19.1 Å². The van der Waals surface area contributed by atoms with Gasteiger partial charge in [0.1, 0.15) is 0 Å². The molecule has 0 bridgehead atoms. The number of hydrogen-bond donors (Lipinski definition) is 1. The molecule has 1 fully saturated rings. The summed E-state index contributed by atoms with van der Waals surface area (Å²) in [6.45, 7) is 4.71. The molecule has 0 atom stereocenters. The van der Waals surface area contributed by atoms with Gasteiger partial charge in [-0.05, 0) is 36.6 Å². The second-order valence-corrected chi connectivity index (χ2v) is 4.58. The van der Waals surface area contributed by atoms with E-state index in [1.54, 1.807) is 12.1 Å². The van der Waals surface area contributed by atoms with E-state index in [0.29, 0.717) is 18.8 Å². The van der Waals surface area contributed by atoms with Crippen LogP contribution in [0.1, 0.15) is 24.0 Å². The van der Waals surface area contributed by atoms with Crippen LogP contribution >= 0.6 is 0 Å². The van der Waals surface area contributed by atoms with Crippen LogP contribution in [0.4, 0.5) is 0 Å². The minimum absolute atomic E-state index is 0.189. The van der Waals surface area contributed by atoms with Gasteiger partial charge in [-0.25, -0.2) is 0 Å². The Kier molecular flexibility index (Phi) is 3.98. The van der Waals surface area contributed by atoms with E-state index in [2.05, 4.69) is 18.0 Å². The standard InChI is InChI=1S/C15H16N2O2/c1-2-14(18)17-15(7-9-19-10-8-15)13-5-3-12(11-16)4-6-13/h2-6H,1,7-10H2,(H,17,18). The monoisotopic (exact) mass is 256 g/mol. The van der Waals surface area contributed by atoms with Crippen LogP contribution in [0.2, 0.25) is 0 Å². The van der Waals surface area contributed by atoms with E-state index in [9.17, 15) is 4.79 Å². The molecule has 1 heterocycles. The molecule has 1 aromatic rings. The van der Waals surface area contributed by atoms with Gasteiger partial charge < -0.3 is 10.1 Å². The SMILES string of the molecule is C=CC(=O)NC1(c2ccc(C#N)cc2)CCOCC1. The van der Waals surface area contributed by atoms with Crippen molar-refractivity contribution < 1.29 is 9.53 Å². The van der Waals surface area contributed by atoms with Crippen molar-refractivity contribution in [1.82, 2.24) is 5.32 Å². The van der Waals surface area contributed by atoms with Gasteiger partial charge in [-0.2, -0.15) is 5.26 Å². The molecule has 1 aliphatic rings. The number of nitrogens with one attached hydrogen (secondary N) is 1. The molecule has 0 saturated carbocycles. The average Bonchev–Trinajstić information content (AvgIpc) is 2.48. The van der Waals surface area contributed by atoms with E-state index in [1.807, 2.05) is 12.1 Å². The topological polar surface area (TPSA) is 62.1 Å². The Hall–Kier alpha value is -2.12. The van der Waals surface area contributed by atoms with Crippen molar-refractivity contribution >= 4 is 5.91 Å². The summed E-state index contributed by atoms with van der Waals surface area (Å²) in [5.41, 5.74) is 1.20. The molecule has 0 aromatic heterocycles. The van der Waals surface area contributed by atoms with Gasteiger partial charge in [0.2, 0.25) is 5.91 Å². The Balaban J connectivity index is 2.32. The third-order valence-corrected chi connectivity index (χ3v) is 3.46. The summed E-state index contributed by atoms with van der Waals surface area (Å²) in [7, 11) is 0. The molecule has 1 saturated heterocycles. The minimum Gasteiger partial charge on any atom is -0.381 e. The zero-order chi connectivity index (χ0) is 13.7. The van der Waals surface area contributed by atoms with Crippen LogP contribution in [0, 0.1) is 11.3 Å². The summed E-state index contributed by atoms with van der Waals surface area (Å²) in [5.74, 6) is -0.189. The summed E-state index contributed by atoms with van der Waals surface area (Å²) in [6.07, 6.45) is 2.72. The largest absolute Gasteiger partial charge is 0.381 e. The summed E-state index contributed by atoms with van der Waals surface area (Å²) < 4.78 is 5.38. The summed E-state index contributed by atoms with van der Waals surface area (Å²) >= 11 is 0. The normalized spacial score (nSPS) is 17.2. The number of nitrogens with zero attached hydrogens (tertiary/aromatic N) is 1. The lowest BCUT2D eigenvalue weighted by Crippen LogP contribution is -2.49. The van der Waals surface area contributed by atoms with Crippen molar-refractivity contribution in [1.29, 1.82) is 5.26 Å². The first-order chi connectivity index (χ1) is 9.20. The van der Waals surface area contributed by atoms with E-state index in [4.69, 9.17) is 10.00 Å². The van der Waals surface area contributed by atoms with Crippen molar-refractivity contribution in [2.45, 2.75) is 18.4 Å². The lowest BCUT2D eigenvalue weighted by Gasteiger charge is -2.38. The maximum atomic E-state index is 11.7. The molecule has 0 radical (unpaired) electrons. The van der Waals surface area contributed by atoms with Gasteiger partial charge in [-0.3, -0.25) is 4.79 Å². The molecule has 0 unspecified atom stereocenters. The summed E-state index contributed by atoms with van der Waals surface area (Å²) in [5, 5.41) is 11.8. The summed E-state index contributed by atoms with van der Waals surface area (Å²) in [6, 6.07) is 9.43. The van der Waals surface area contributed by atoms with Crippen LogP contribution in [0.15, 0.2) is 36.9 Å². The van der Waals surface area contributed by atoms with Crippen LogP contribution in [0.3, 0.4) is 0 Å². The highest BCUT2D eigenvalue weighted by Crippen LogP contribution is 2.32. The van der Waals surface area contributed by atoms with Gasteiger partial charge in [0.15, 0.2) is 0 Å². The maximum Gasteiger partial charge on any atom is 0.244 e. The highest BCUT2D eigenvalue weighted by molar-refractivity contribution is 5.87. The van der Waals surface area contributed by atoms with Crippen LogP contribution in [0.25, 0.3) is 0 Å². The lowest BCUT2D eigenvalue weighted by molar-refractivity contribution is -0.119. The number of carbonyl (C=O) groups is 1. The quantitative estimate of drug-likeness (QED) is 0.840. The van der Waals surface area contributed by atoms with Gasteiger partial charge in [0.25, 0.3) is 0 Å². The molecular weight excluding hydrogens is 240 g/mol. The van der Waals surface area contributed by atoms with Crippen molar-refractivity contribution in [3.8, 4) is 6.07 Å². The predicted molar refractivity (Wildman–Crippen MR) is 71.2 cm³/mol. The smallest absolute Gasteiger partial charge is 0.244 e. The first-order valence-corrected chi connectivity index (χ1v) is 6.23. The fourth-order valence-electron chi connectivity index (χ4n) is 2.36. The van der Waals surface area contributed by atoms with Crippen LogP contribution in [0.5, 0.6) is 0 Å². The second-order valence-electron chi connectivity index (χ2n) is 4.58. The van der Waals surface area contributed by atoms with Crippen molar-refractivity contribution in [2.24, 2.45) is 0 Å². The number of ether oxygens (including phenoxy) is 1. The van der Waals surface area contributed by atoms with Crippen molar-refractivity contribution in [2.75, 3.05) is 13.2 Å². The van der Waals surface area contributed by atoms with Gasteiger partial charge in [-0.1, -0.05) is 18.7 Å². The van der Waals surface area contributed by atoms with E-state index in [1.165, 1.54) is 6.08 Å². The highest BCUT2D eigenvalue weighted by Gasteiger charge is 2.35. The Labute approximate surface area is 112 Å². The zero-order valence-corrected chi connectivity index (χ0v) is 10.7. The Morgan fingerprint density at radius 3 is 2.53 bits per heavy atom. The second kappa shape index (κ2) is 5.68. The van der Waals surface area contributed by atoms with E-state index in [-0.39, 0.29) is 5.91 Å². The number of hydrogen-bond acceptors (Lipinski definition) is 3. The van der Waals surface area contributed by atoms with Gasteiger partial charge in [0.05, 0.1) is 17.2 Å². The minimum atomic E-state index is -0.419. The maximum absolute atomic E-state index is 11.7. The molecule has 0 spiro atoms. The average molecular weight is 256 g/mol. The molecule has 1 amide bonds. The fraction of sp³-hybridized carbons (Fsp3) is 0.333. The van der Waals surface area contributed by atoms with Gasteiger partial charge >= 0.3 is 0 Å². The molecular formula is C15H16N2O2. The molecule has 19 heavy (non-hydrogen) atoms. The Morgan fingerprint density at radius 2 is 2.00 bits per heavy atom.